The Kier molecular flexibility index (Phi) is 5.69. The molecule has 118 valence electrons. The van der Waals surface area contributed by atoms with Gasteiger partial charge in [-0.2, -0.15) is 0 Å². The molecule has 2 nitrogen and oxygen atoms in total. The molecule has 0 aromatic carbocycles. The third-order valence-corrected chi connectivity index (χ3v) is 5.06. The van der Waals surface area contributed by atoms with Crippen LogP contribution in [0, 0.1) is 5.92 Å². The molecule has 2 aliphatic rings. The summed E-state index contributed by atoms with van der Waals surface area (Å²) in [5.41, 5.74) is 4.17. The van der Waals surface area contributed by atoms with Crippen molar-refractivity contribution in [2.75, 3.05) is 19.8 Å². The summed E-state index contributed by atoms with van der Waals surface area (Å²) in [6.07, 6.45) is 9.53. The molecule has 1 heterocycles. The third-order valence-electron chi connectivity index (χ3n) is 5.06. The summed E-state index contributed by atoms with van der Waals surface area (Å²) in [7, 11) is 0. The molecule has 0 aromatic heterocycles. The van der Waals surface area contributed by atoms with Crippen LogP contribution in [0.2, 0.25) is 0 Å². The average molecular weight is 288 g/mol. The Hall–Kier alpha value is -1.02. The summed E-state index contributed by atoms with van der Waals surface area (Å²) < 4.78 is 0. The maximum atomic E-state index is 4.32. The van der Waals surface area contributed by atoms with E-state index in [0.29, 0.717) is 0 Å². The molecule has 0 bridgehead atoms. The second-order valence-corrected chi connectivity index (χ2v) is 6.54. The van der Waals surface area contributed by atoms with Crippen molar-refractivity contribution in [2.24, 2.45) is 5.92 Å². The first-order chi connectivity index (χ1) is 10.1. The molecule has 2 fully saturated rings. The van der Waals surface area contributed by atoms with E-state index in [1.165, 1.54) is 43.6 Å². The lowest BCUT2D eigenvalue weighted by molar-refractivity contribution is 0.110. The van der Waals surface area contributed by atoms with E-state index in [-0.39, 0.29) is 0 Å². The van der Waals surface area contributed by atoms with Crippen molar-refractivity contribution in [3.63, 3.8) is 0 Å². The van der Waals surface area contributed by atoms with Crippen molar-refractivity contribution in [1.82, 2.24) is 9.80 Å². The summed E-state index contributed by atoms with van der Waals surface area (Å²) in [6.45, 7) is 16.7. The SMILES string of the molecule is C=C(/C(C)=C\C)N1CN(CC/C(=C/CC)CC)CC2CC21. The highest BCUT2D eigenvalue weighted by molar-refractivity contribution is 5.27. The Balaban J connectivity index is 1.91. The van der Waals surface area contributed by atoms with Crippen LogP contribution in [0.4, 0.5) is 0 Å². The second-order valence-electron chi connectivity index (χ2n) is 6.54. The Bertz CT molecular complexity index is 433. The molecule has 0 radical (unpaired) electrons. The van der Waals surface area contributed by atoms with E-state index in [4.69, 9.17) is 0 Å². The minimum atomic E-state index is 0.764. The molecular weight excluding hydrogens is 256 g/mol. The zero-order valence-electron chi connectivity index (χ0n) is 14.4. The van der Waals surface area contributed by atoms with Gasteiger partial charge in [-0.15, -0.1) is 0 Å². The van der Waals surface area contributed by atoms with Gasteiger partial charge in [0.1, 0.15) is 0 Å². The van der Waals surface area contributed by atoms with Crippen molar-refractivity contribution in [2.45, 2.75) is 59.4 Å². The number of fused-ring (bicyclic) bond motifs is 1. The smallest absolute Gasteiger partial charge is 0.0710 e. The van der Waals surface area contributed by atoms with Crippen LogP contribution in [-0.2, 0) is 0 Å². The first kappa shape index (κ1) is 16.4. The van der Waals surface area contributed by atoms with Gasteiger partial charge in [-0.1, -0.05) is 38.2 Å². The van der Waals surface area contributed by atoms with E-state index < -0.39 is 0 Å². The van der Waals surface area contributed by atoms with E-state index in [1.807, 2.05) is 0 Å². The van der Waals surface area contributed by atoms with Gasteiger partial charge in [-0.05, 0) is 51.0 Å². The summed E-state index contributed by atoms with van der Waals surface area (Å²) >= 11 is 0. The van der Waals surface area contributed by atoms with E-state index >= 15 is 0 Å². The molecule has 0 spiro atoms. The van der Waals surface area contributed by atoms with E-state index in [1.54, 1.807) is 5.57 Å². The van der Waals surface area contributed by atoms with Crippen LogP contribution in [0.1, 0.15) is 53.4 Å². The Morgan fingerprint density at radius 3 is 2.71 bits per heavy atom. The van der Waals surface area contributed by atoms with Gasteiger partial charge in [-0.3, -0.25) is 4.90 Å². The number of nitrogens with zero attached hydrogens (tertiary/aromatic N) is 2. The minimum absolute atomic E-state index is 0.764. The fourth-order valence-electron chi connectivity index (χ4n) is 3.37. The van der Waals surface area contributed by atoms with Crippen molar-refractivity contribution in [3.05, 3.63) is 35.6 Å². The Morgan fingerprint density at radius 1 is 1.33 bits per heavy atom. The highest BCUT2D eigenvalue weighted by Crippen LogP contribution is 2.42. The molecule has 1 aliphatic heterocycles. The van der Waals surface area contributed by atoms with Gasteiger partial charge in [0.25, 0.3) is 0 Å². The van der Waals surface area contributed by atoms with Gasteiger partial charge in [0, 0.05) is 24.8 Å². The highest BCUT2D eigenvalue weighted by Gasteiger charge is 2.46. The predicted octanol–water partition coefficient (Wildman–Crippen LogP) is 4.57. The molecule has 2 unspecified atom stereocenters. The third kappa shape index (κ3) is 4.00. The van der Waals surface area contributed by atoms with Crippen molar-refractivity contribution in [1.29, 1.82) is 0 Å². The van der Waals surface area contributed by atoms with Crippen LogP contribution >= 0.6 is 0 Å². The summed E-state index contributed by atoms with van der Waals surface area (Å²) in [4.78, 5) is 5.17. The van der Waals surface area contributed by atoms with Gasteiger partial charge in [0.2, 0.25) is 0 Å². The Morgan fingerprint density at radius 2 is 2.10 bits per heavy atom. The summed E-state index contributed by atoms with van der Waals surface area (Å²) in [5, 5.41) is 0. The highest BCUT2D eigenvalue weighted by atomic mass is 15.4. The maximum absolute atomic E-state index is 4.32. The molecule has 0 aromatic rings. The summed E-state index contributed by atoms with van der Waals surface area (Å²) in [6, 6.07) is 0.764. The van der Waals surface area contributed by atoms with Crippen LogP contribution in [0.25, 0.3) is 0 Å². The molecule has 1 saturated carbocycles. The fraction of sp³-hybridized carbons (Fsp3) is 0.684. The van der Waals surface area contributed by atoms with Gasteiger partial charge in [0.15, 0.2) is 0 Å². The topological polar surface area (TPSA) is 6.48 Å². The molecule has 1 saturated heterocycles. The average Bonchev–Trinajstić information content (AvgIpc) is 3.28. The molecule has 0 amide bonds. The molecule has 2 rings (SSSR count). The van der Waals surface area contributed by atoms with Gasteiger partial charge >= 0.3 is 0 Å². The van der Waals surface area contributed by atoms with Crippen LogP contribution < -0.4 is 0 Å². The number of allylic oxidation sites excluding steroid dienone is 3. The lowest BCUT2D eigenvalue weighted by Crippen LogP contribution is -2.45. The van der Waals surface area contributed by atoms with Gasteiger partial charge in [0.05, 0.1) is 6.67 Å². The summed E-state index contributed by atoms with van der Waals surface area (Å²) in [5.74, 6) is 0.875. The maximum Gasteiger partial charge on any atom is 0.0710 e. The largest absolute Gasteiger partial charge is 0.355 e. The molecular formula is C19H32N2. The zero-order chi connectivity index (χ0) is 15.4. The van der Waals surface area contributed by atoms with Crippen molar-refractivity contribution >= 4 is 0 Å². The predicted molar refractivity (Wildman–Crippen MR) is 92.0 cm³/mol. The quantitative estimate of drug-likeness (QED) is 0.500. The van der Waals surface area contributed by atoms with Crippen LogP contribution in [0.15, 0.2) is 35.6 Å². The van der Waals surface area contributed by atoms with E-state index in [0.717, 1.165) is 25.0 Å². The molecule has 1 aliphatic carbocycles. The van der Waals surface area contributed by atoms with E-state index in [2.05, 4.69) is 56.2 Å². The fourth-order valence-corrected chi connectivity index (χ4v) is 3.37. The van der Waals surface area contributed by atoms with Crippen LogP contribution in [-0.4, -0.2) is 35.6 Å². The minimum Gasteiger partial charge on any atom is -0.355 e. The standard InChI is InChI=1S/C19H32N2/c1-6-9-17(8-3)10-11-20-13-18-12-19(18)21(14-20)16(5)15(4)7-2/h7,9,18-19H,5-6,8,10-14H2,1-4H3/b15-7-,17-9+. The lowest BCUT2D eigenvalue weighted by atomic mass is 10.1. The molecule has 2 atom stereocenters. The van der Waals surface area contributed by atoms with Crippen molar-refractivity contribution < 1.29 is 0 Å². The Labute approximate surface area is 131 Å². The molecule has 0 N–H and O–H groups in total. The number of rotatable bonds is 7. The molecule has 21 heavy (non-hydrogen) atoms. The lowest BCUT2D eigenvalue weighted by Gasteiger charge is -2.38. The van der Waals surface area contributed by atoms with E-state index in [9.17, 15) is 0 Å². The first-order valence-corrected chi connectivity index (χ1v) is 8.59. The van der Waals surface area contributed by atoms with Crippen molar-refractivity contribution in [3.8, 4) is 0 Å². The van der Waals surface area contributed by atoms with Crippen LogP contribution in [0.3, 0.4) is 0 Å². The van der Waals surface area contributed by atoms with Gasteiger partial charge < -0.3 is 4.90 Å². The molecule has 2 heteroatoms. The normalized spacial score (nSPS) is 26.8. The monoisotopic (exact) mass is 288 g/mol. The second kappa shape index (κ2) is 7.31. The zero-order valence-corrected chi connectivity index (χ0v) is 14.4. The van der Waals surface area contributed by atoms with Gasteiger partial charge in [-0.25, -0.2) is 0 Å². The first-order valence-electron chi connectivity index (χ1n) is 8.59. The number of hydrogen-bond acceptors (Lipinski definition) is 2. The number of hydrogen-bond donors (Lipinski definition) is 0. The van der Waals surface area contributed by atoms with Crippen LogP contribution in [0.5, 0.6) is 0 Å².